The minimum Gasteiger partial charge on any atom is -0.349 e. The normalized spacial score (nSPS) is 21.7. The smallest absolute Gasteiger partial charge is 0.251 e. The first-order chi connectivity index (χ1) is 10.9. The fraction of sp³-hybridized carbons (Fsp3) is 0.562. The van der Waals surface area contributed by atoms with Gasteiger partial charge >= 0.3 is 0 Å². The van der Waals surface area contributed by atoms with Crippen LogP contribution in [-0.4, -0.2) is 38.7 Å². The maximum atomic E-state index is 12.2. The first kappa shape index (κ1) is 17.7. The predicted molar refractivity (Wildman–Crippen MR) is 92.1 cm³/mol. The van der Waals surface area contributed by atoms with Gasteiger partial charge in [-0.05, 0) is 57.0 Å². The third kappa shape index (κ3) is 5.51. The molecular formula is C16H25N3O3S. The molecule has 23 heavy (non-hydrogen) atoms. The Bertz CT molecular complexity index is 628. The second kappa shape index (κ2) is 7.79. The minimum atomic E-state index is -3.30. The van der Waals surface area contributed by atoms with E-state index in [0.717, 1.165) is 19.4 Å². The largest absolute Gasteiger partial charge is 0.349 e. The molecule has 128 valence electrons. The van der Waals surface area contributed by atoms with E-state index in [-0.39, 0.29) is 17.7 Å². The molecule has 1 fully saturated rings. The van der Waals surface area contributed by atoms with Crippen molar-refractivity contribution in [2.45, 2.75) is 45.2 Å². The van der Waals surface area contributed by atoms with E-state index < -0.39 is 10.0 Å². The fourth-order valence-corrected chi connectivity index (χ4v) is 3.86. The van der Waals surface area contributed by atoms with Crippen LogP contribution in [0.3, 0.4) is 0 Å². The number of amides is 1. The number of carbonyl (C=O) groups is 1. The van der Waals surface area contributed by atoms with Crippen LogP contribution in [0, 0.1) is 0 Å². The van der Waals surface area contributed by atoms with Gasteiger partial charge in [-0.2, -0.15) is 0 Å². The molecule has 3 N–H and O–H groups in total. The predicted octanol–water partition coefficient (Wildman–Crippen LogP) is 1.71. The van der Waals surface area contributed by atoms with Gasteiger partial charge in [0.05, 0.1) is 5.75 Å². The number of hydrogen-bond acceptors (Lipinski definition) is 4. The van der Waals surface area contributed by atoms with Crippen molar-refractivity contribution in [3.63, 3.8) is 0 Å². The van der Waals surface area contributed by atoms with Crippen LogP contribution in [0.2, 0.25) is 0 Å². The summed E-state index contributed by atoms with van der Waals surface area (Å²) in [4.78, 5) is 12.2. The van der Waals surface area contributed by atoms with Crippen LogP contribution in [0.1, 0.15) is 43.5 Å². The highest BCUT2D eigenvalue weighted by Gasteiger charge is 2.20. The Morgan fingerprint density at radius 2 is 2.00 bits per heavy atom. The van der Waals surface area contributed by atoms with Crippen LogP contribution < -0.4 is 15.4 Å². The fourth-order valence-electron chi connectivity index (χ4n) is 2.72. The second-order valence-corrected chi connectivity index (χ2v) is 7.89. The highest BCUT2D eigenvalue weighted by molar-refractivity contribution is 7.92. The van der Waals surface area contributed by atoms with Gasteiger partial charge in [0, 0.05) is 23.3 Å². The van der Waals surface area contributed by atoms with E-state index in [4.69, 9.17) is 0 Å². The lowest BCUT2D eigenvalue weighted by Gasteiger charge is -2.28. The first-order valence-electron chi connectivity index (χ1n) is 8.04. The number of nitrogens with one attached hydrogen (secondary N) is 3. The van der Waals surface area contributed by atoms with Gasteiger partial charge in [-0.15, -0.1) is 0 Å². The molecule has 0 aliphatic carbocycles. The van der Waals surface area contributed by atoms with E-state index in [1.165, 1.54) is 0 Å². The zero-order valence-electron chi connectivity index (χ0n) is 13.6. The van der Waals surface area contributed by atoms with E-state index >= 15 is 0 Å². The van der Waals surface area contributed by atoms with Crippen LogP contribution in [0.4, 0.5) is 5.69 Å². The van der Waals surface area contributed by atoms with Crippen LogP contribution in [0.25, 0.3) is 0 Å². The molecule has 1 saturated heterocycles. The topological polar surface area (TPSA) is 87.3 Å². The lowest BCUT2D eigenvalue weighted by molar-refractivity contribution is 0.0925. The summed E-state index contributed by atoms with van der Waals surface area (Å²) < 4.78 is 25.9. The van der Waals surface area contributed by atoms with Gasteiger partial charge in [0.2, 0.25) is 10.0 Å². The number of anilines is 1. The molecule has 1 aliphatic heterocycles. The van der Waals surface area contributed by atoms with E-state index in [2.05, 4.69) is 22.3 Å². The number of piperidine rings is 1. The molecule has 0 bridgehead atoms. The molecule has 1 heterocycles. The summed E-state index contributed by atoms with van der Waals surface area (Å²) in [5, 5.41) is 6.38. The molecule has 1 aliphatic rings. The van der Waals surface area contributed by atoms with Crippen molar-refractivity contribution in [2.75, 3.05) is 17.0 Å². The number of rotatable bonds is 6. The standard InChI is InChI=1S/C16H25N3O3S/c1-3-10-23(21,22)19-14-6-4-13(5-7-14)16(20)18-15-8-9-17-12(2)11-15/h4-7,12,15,17,19H,3,8-11H2,1-2H3,(H,18,20). The monoisotopic (exact) mass is 339 g/mol. The highest BCUT2D eigenvalue weighted by atomic mass is 32.2. The average Bonchev–Trinajstić information content (AvgIpc) is 2.47. The molecule has 7 heteroatoms. The number of sulfonamides is 1. The molecule has 0 radical (unpaired) electrons. The Balaban J connectivity index is 1.94. The Morgan fingerprint density at radius 1 is 1.30 bits per heavy atom. The number of carbonyl (C=O) groups excluding carboxylic acids is 1. The van der Waals surface area contributed by atoms with Crippen molar-refractivity contribution >= 4 is 21.6 Å². The van der Waals surface area contributed by atoms with E-state index in [1.807, 2.05) is 6.92 Å². The highest BCUT2D eigenvalue weighted by Crippen LogP contribution is 2.13. The summed E-state index contributed by atoms with van der Waals surface area (Å²) in [6, 6.07) is 7.11. The Morgan fingerprint density at radius 3 is 2.61 bits per heavy atom. The SMILES string of the molecule is CCCS(=O)(=O)Nc1ccc(C(=O)NC2CCNC(C)C2)cc1. The zero-order chi connectivity index (χ0) is 16.9. The Kier molecular flexibility index (Phi) is 6.01. The van der Waals surface area contributed by atoms with Crippen LogP contribution in [0.15, 0.2) is 24.3 Å². The molecule has 1 amide bonds. The maximum absolute atomic E-state index is 12.2. The van der Waals surface area contributed by atoms with Gasteiger partial charge in [0.15, 0.2) is 0 Å². The van der Waals surface area contributed by atoms with Crippen LogP contribution in [0.5, 0.6) is 0 Å². The van der Waals surface area contributed by atoms with Gasteiger partial charge in [-0.25, -0.2) is 8.42 Å². The molecule has 2 atom stereocenters. The molecule has 0 spiro atoms. The van der Waals surface area contributed by atoms with Crippen molar-refractivity contribution in [1.29, 1.82) is 0 Å². The van der Waals surface area contributed by atoms with Crippen molar-refractivity contribution in [1.82, 2.24) is 10.6 Å². The summed E-state index contributed by atoms with van der Waals surface area (Å²) in [6.45, 7) is 4.83. The van der Waals surface area contributed by atoms with Crippen LogP contribution in [-0.2, 0) is 10.0 Å². The third-order valence-corrected chi connectivity index (χ3v) is 5.34. The molecule has 2 rings (SSSR count). The molecular weight excluding hydrogens is 314 g/mol. The van der Waals surface area contributed by atoms with Gasteiger partial charge in [0.1, 0.15) is 0 Å². The molecule has 1 aromatic carbocycles. The molecule has 2 unspecified atom stereocenters. The molecule has 6 nitrogen and oxygen atoms in total. The third-order valence-electron chi connectivity index (χ3n) is 3.85. The molecule has 0 saturated carbocycles. The summed E-state index contributed by atoms with van der Waals surface area (Å²) in [5.74, 6) is -0.0320. The van der Waals surface area contributed by atoms with E-state index in [1.54, 1.807) is 24.3 Å². The minimum absolute atomic E-state index is 0.0864. The maximum Gasteiger partial charge on any atom is 0.251 e. The second-order valence-electron chi connectivity index (χ2n) is 6.05. The first-order valence-corrected chi connectivity index (χ1v) is 9.69. The number of hydrogen-bond donors (Lipinski definition) is 3. The van der Waals surface area contributed by atoms with Gasteiger partial charge in [-0.1, -0.05) is 6.92 Å². The van der Waals surface area contributed by atoms with Gasteiger partial charge in [-0.3, -0.25) is 9.52 Å². The lowest BCUT2D eigenvalue weighted by atomic mass is 10.0. The van der Waals surface area contributed by atoms with E-state index in [9.17, 15) is 13.2 Å². The van der Waals surface area contributed by atoms with Gasteiger partial charge < -0.3 is 10.6 Å². The molecule has 0 aromatic heterocycles. The van der Waals surface area contributed by atoms with Crippen molar-refractivity contribution in [3.05, 3.63) is 29.8 Å². The molecule has 1 aromatic rings. The Labute approximate surface area is 138 Å². The summed E-state index contributed by atoms with van der Waals surface area (Å²) in [7, 11) is -3.30. The summed E-state index contributed by atoms with van der Waals surface area (Å²) >= 11 is 0. The van der Waals surface area contributed by atoms with Gasteiger partial charge in [0.25, 0.3) is 5.91 Å². The Hall–Kier alpha value is -1.60. The quantitative estimate of drug-likeness (QED) is 0.736. The van der Waals surface area contributed by atoms with Crippen LogP contribution >= 0.6 is 0 Å². The van der Waals surface area contributed by atoms with Crippen molar-refractivity contribution in [2.24, 2.45) is 0 Å². The number of benzene rings is 1. The van der Waals surface area contributed by atoms with E-state index in [0.29, 0.717) is 23.7 Å². The van der Waals surface area contributed by atoms with Crippen molar-refractivity contribution < 1.29 is 13.2 Å². The average molecular weight is 339 g/mol. The lowest BCUT2D eigenvalue weighted by Crippen LogP contribution is -2.46. The van der Waals surface area contributed by atoms with Crippen molar-refractivity contribution in [3.8, 4) is 0 Å². The summed E-state index contributed by atoms with van der Waals surface area (Å²) in [6.07, 6.45) is 2.40. The zero-order valence-corrected chi connectivity index (χ0v) is 14.4. The summed E-state index contributed by atoms with van der Waals surface area (Å²) in [5.41, 5.74) is 1.01.